The molecule has 0 aliphatic heterocycles. The average molecular weight is 879 g/mol. The van der Waals surface area contributed by atoms with Crippen LogP contribution < -0.4 is 10.6 Å². The lowest BCUT2D eigenvalue weighted by molar-refractivity contribution is -0.170. The maximum absolute atomic E-state index is 13.8. The molecule has 0 aromatic carbocycles. The first-order valence-electron chi connectivity index (χ1n) is 26.3. The molecule has 9 heteroatoms. The lowest BCUT2D eigenvalue weighted by Gasteiger charge is -2.62. The van der Waals surface area contributed by atoms with Gasteiger partial charge in [0.2, 0.25) is 5.91 Å². The van der Waals surface area contributed by atoms with E-state index in [1.807, 2.05) is 20.8 Å². The quantitative estimate of drug-likeness (QED) is 0.161. The van der Waals surface area contributed by atoms with E-state index in [1.54, 1.807) is 0 Å². The van der Waals surface area contributed by atoms with Crippen LogP contribution in [-0.4, -0.2) is 65.2 Å². The van der Waals surface area contributed by atoms with E-state index in [1.165, 1.54) is 45.6 Å². The van der Waals surface area contributed by atoms with E-state index in [4.69, 9.17) is 9.47 Å². The highest BCUT2D eigenvalue weighted by molar-refractivity contribution is 5.76. The number of fused-ring (bicyclic) bond motifs is 10. The summed E-state index contributed by atoms with van der Waals surface area (Å²) in [6.07, 6.45) is 19.5. The lowest BCUT2D eigenvalue weighted by atomic mass is 9.43. The fraction of sp³-hybridized carbons (Fsp3) is 0.944. The molecule has 8 aliphatic rings. The van der Waals surface area contributed by atoms with Gasteiger partial charge in [-0.1, -0.05) is 41.5 Å². The third kappa shape index (κ3) is 8.44. The Hall–Kier alpha value is -1.87. The minimum Gasteiger partial charge on any atom is -0.469 e. The van der Waals surface area contributed by atoms with Gasteiger partial charge in [0.1, 0.15) is 5.60 Å². The highest BCUT2D eigenvalue weighted by Gasteiger charge is 2.65. The zero-order valence-electron chi connectivity index (χ0n) is 41.3. The van der Waals surface area contributed by atoms with Crippen molar-refractivity contribution in [1.82, 2.24) is 10.6 Å². The van der Waals surface area contributed by atoms with Crippen LogP contribution in [-0.2, 0) is 19.1 Å². The van der Waals surface area contributed by atoms with Gasteiger partial charge < -0.3 is 30.3 Å². The number of amides is 2. The molecule has 8 rings (SSSR count). The normalized spacial score (nSPS) is 47.6. The fourth-order valence-corrected chi connectivity index (χ4v) is 18.6. The van der Waals surface area contributed by atoms with Crippen LogP contribution in [0.25, 0.3) is 0 Å². The molecule has 63 heavy (non-hydrogen) atoms. The zero-order chi connectivity index (χ0) is 45.4. The Kier molecular flexibility index (Phi) is 13.3. The number of nitrogens with one attached hydrogen (secondary N) is 2. The maximum Gasteiger partial charge on any atom is 0.407 e. The molecule has 0 heterocycles. The third-order valence-corrected chi connectivity index (χ3v) is 22.0. The summed E-state index contributed by atoms with van der Waals surface area (Å²) in [5.41, 5.74) is -0.284. The minimum atomic E-state index is -0.500. The summed E-state index contributed by atoms with van der Waals surface area (Å²) >= 11 is 0. The number of hydrogen-bond donors (Lipinski definition) is 4. The first kappa shape index (κ1) is 47.6. The van der Waals surface area contributed by atoms with Crippen molar-refractivity contribution < 1.29 is 34.1 Å². The van der Waals surface area contributed by atoms with E-state index < -0.39 is 5.60 Å². The predicted molar refractivity (Wildman–Crippen MR) is 247 cm³/mol. The summed E-state index contributed by atoms with van der Waals surface area (Å²) < 4.78 is 10.6. The molecule has 0 aromatic rings. The van der Waals surface area contributed by atoms with E-state index >= 15 is 0 Å². The van der Waals surface area contributed by atoms with Crippen molar-refractivity contribution in [2.24, 2.45) is 92.7 Å². The molecule has 4 N–H and O–H groups in total. The van der Waals surface area contributed by atoms with Gasteiger partial charge in [0.05, 0.1) is 19.3 Å². The van der Waals surface area contributed by atoms with Crippen LogP contribution in [0, 0.1) is 92.7 Å². The number of aliphatic hydroxyl groups excluding tert-OH is 2. The van der Waals surface area contributed by atoms with Crippen LogP contribution in [0.3, 0.4) is 0 Å². The first-order chi connectivity index (χ1) is 29.6. The molecule has 8 fully saturated rings. The molecule has 0 spiro atoms. The molecular formula is C54H90N2O7. The summed E-state index contributed by atoms with van der Waals surface area (Å²) in [4.78, 5) is 38.4. The van der Waals surface area contributed by atoms with Gasteiger partial charge >= 0.3 is 12.1 Å². The van der Waals surface area contributed by atoms with Crippen molar-refractivity contribution in [2.45, 2.75) is 221 Å². The van der Waals surface area contributed by atoms with Crippen molar-refractivity contribution in [2.75, 3.05) is 7.11 Å². The van der Waals surface area contributed by atoms with Gasteiger partial charge in [0.15, 0.2) is 0 Å². The minimum absolute atomic E-state index is 0.0848. The largest absolute Gasteiger partial charge is 0.469 e. The van der Waals surface area contributed by atoms with Gasteiger partial charge in [-0.05, 0) is 229 Å². The van der Waals surface area contributed by atoms with Gasteiger partial charge in [-0.3, -0.25) is 9.59 Å². The average Bonchev–Trinajstić information content (AvgIpc) is 3.78. The Morgan fingerprint density at radius 2 is 1.08 bits per heavy atom. The number of ether oxygens (including phenoxy) is 2. The van der Waals surface area contributed by atoms with Crippen molar-refractivity contribution in [3.05, 3.63) is 0 Å². The summed E-state index contributed by atoms with van der Waals surface area (Å²) in [6.45, 7) is 20.3. The van der Waals surface area contributed by atoms with E-state index in [0.717, 1.165) is 77.0 Å². The molecule has 8 aliphatic carbocycles. The van der Waals surface area contributed by atoms with Crippen molar-refractivity contribution in [3.63, 3.8) is 0 Å². The molecule has 8 saturated carbocycles. The van der Waals surface area contributed by atoms with Gasteiger partial charge in [-0.15, -0.1) is 0 Å². The Morgan fingerprint density at radius 1 is 0.619 bits per heavy atom. The predicted octanol–water partition coefficient (Wildman–Crippen LogP) is 10.6. The van der Waals surface area contributed by atoms with Crippen molar-refractivity contribution in [1.29, 1.82) is 0 Å². The highest BCUT2D eigenvalue weighted by Crippen LogP contribution is 2.70. The number of methoxy groups -OCH3 is 1. The van der Waals surface area contributed by atoms with Crippen molar-refractivity contribution in [3.8, 4) is 0 Å². The summed E-state index contributed by atoms with van der Waals surface area (Å²) in [5.74, 6) is 6.31. The SMILES string of the molecule is COC(=O)CC[C@@H](C)[C@H]1CC[C@H]2[C@@H]3CC[C@@H]4C[C@H](NC(=O)CC[C@@H](C)[C@H]5CC[C@H]6[C@@H]7CC[C@@H]8C[C@H](NC(=O)OC(C)(C)C)CC[C@]8(C)[C@H]7C[C@H](O)[C@]56C)CC[C@]4(C)[C@H]3C[C@H](O)[C@]12C. The van der Waals surface area contributed by atoms with Crippen LogP contribution in [0.2, 0.25) is 0 Å². The molecule has 358 valence electrons. The number of aliphatic hydroxyl groups is 2. The Morgan fingerprint density at radius 3 is 1.54 bits per heavy atom. The second-order valence-corrected chi connectivity index (χ2v) is 25.7. The van der Waals surface area contributed by atoms with Gasteiger partial charge in [0, 0.05) is 24.9 Å². The maximum atomic E-state index is 13.8. The molecule has 0 radical (unpaired) electrons. The fourth-order valence-electron chi connectivity index (χ4n) is 18.6. The first-order valence-corrected chi connectivity index (χ1v) is 26.3. The van der Waals surface area contributed by atoms with Gasteiger partial charge in [-0.25, -0.2) is 4.79 Å². The molecule has 0 unspecified atom stereocenters. The molecule has 9 nitrogen and oxygen atoms in total. The molecule has 20 atom stereocenters. The van der Waals surface area contributed by atoms with Crippen LogP contribution in [0.15, 0.2) is 0 Å². The van der Waals surface area contributed by atoms with Crippen LogP contribution in [0.1, 0.15) is 191 Å². The topological polar surface area (TPSA) is 134 Å². The number of alkyl carbamates (subject to hydrolysis) is 1. The van der Waals surface area contributed by atoms with Gasteiger partial charge in [0.25, 0.3) is 0 Å². The van der Waals surface area contributed by atoms with Crippen LogP contribution >= 0.6 is 0 Å². The Balaban J connectivity index is 0.823. The highest BCUT2D eigenvalue weighted by atomic mass is 16.6. The van der Waals surface area contributed by atoms with E-state index in [-0.39, 0.29) is 63.9 Å². The number of esters is 1. The number of rotatable bonds is 10. The van der Waals surface area contributed by atoms with E-state index in [9.17, 15) is 24.6 Å². The van der Waals surface area contributed by atoms with Crippen LogP contribution in [0.4, 0.5) is 4.79 Å². The second kappa shape index (κ2) is 17.7. The third-order valence-electron chi connectivity index (χ3n) is 22.0. The van der Waals surface area contributed by atoms with E-state index in [0.29, 0.717) is 83.9 Å². The van der Waals surface area contributed by atoms with Crippen molar-refractivity contribution >= 4 is 18.0 Å². The monoisotopic (exact) mass is 879 g/mol. The Bertz CT molecular complexity index is 1680. The molecular weight excluding hydrogens is 789 g/mol. The molecule has 0 aromatic heterocycles. The molecule has 2 amide bonds. The second-order valence-electron chi connectivity index (χ2n) is 25.7. The molecule has 0 saturated heterocycles. The smallest absolute Gasteiger partial charge is 0.407 e. The molecule has 0 bridgehead atoms. The van der Waals surface area contributed by atoms with Gasteiger partial charge in [-0.2, -0.15) is 0 Å². The number of hydrogen-bond acceptors (Lipinski definition) is 7. The summed E-state index contributed by atoms with van der Waals surface area (Å²) in [7, 11) is 1.47. The number of carbonyl (C=O) groups is 3. The standard InChI is InChI=1S/C54H90N2O7/c1-31(39-17-19-41-38-16-14-34-28-36(56-49(61)63-50(3,4)5)24-26-52(34,7)44(38)30-45(57)53(39,41)8)11-21-47(59)55-35-23-25-51(6)33(27-35)13-15-37-42-20-18-40(32(2)12-22-48(60)62-10)54(42,9)46(58)29-43(37)51/h31-46,57-58H,11-30H2,1-10H3,(H,55,59)(H,56,61)/t31-,32-,33-,34-,35-,36-,37+,38+,39-,40-,41+,42+,43+,44+,45+,46+,51+,52+,53-,54-/m1/s1. The summed E-state index contributed by atoms with van der Waals surface area (Å²) in [6, 6.07) is 0.393. The summed E-state index contributed by atoms with van der Waals surface area (Å²) in [5, 5.41) is 31.0. The van der Waals surface area contributed by atoms with E-state index in [2.05, 4.69) is 52.2 Å². The Labute approximate surface area is 381 Å². The van der Waals surface area contributed by atoms with Crippen LogP contribution in [0.5, 0.6) is 0 Å². The lowest BCUT2D eigenvalue weighted by Crippen LogP contribution is -2.59. The number of carbonyl (C=O) groups excluding carboxylic acids is 3. The zero-order valence-corrected chi connectivity index (χ0v) is 41.3.